The zero-order chi connectivity index (χ0) is 19.5. The van der Waals surface area contributed by atoms with Crippen LogP contribution in [0, 0.1) is 4.77 Å². The van der Waals surface area contributed by atoms with Crippen LogP contribution in [0.25, 0.3) is 11.4 Å². The lowest BCUT2D eigenvalue weighted by atomic mass is 10.1. The van der Waals surface area contributed by atoms with Crippen molar-refractivity contribution in [3.8, 4) is 11.4 Å². The molecule has 10 heteroatoms. The van der Waals surface area contributed by atoms with E-state index in [0.29, 0.717) is 27.7 Å². The molecule has 1 saturated heterocycles. The van der Waals surface area contributed by atoms with E-state index in [1.54, 1.807) is 18.2 Å². The predicted molar refractivity (Wildman–Crippen MR) is 110 cm³/mol. The molecule has 0 aliphatic carbocycles. The van der Waals surface area contributed by atoms with Crippen LogP contribution in [0.2, 0.25) is 5.02 Å². The quantitative estimate of drug-likeness (QED) is 0.611. The molecule has 2 aliphatic heterocycles. The number of anilines is 1. The number of H-pyrrole nitrogens is 1. The van der Waals surface area contributed by atoms with Crippen molar-refractivity contribution >= 4 is 53.1 Å². The summed E-state index contributed by atoms with van der Waals surface area (Å²) in [6.07, 6.45) is 0. The van der Waals surface area contributed by atoms with E-state index in [2.05, 4.69) is 15.5 Å². The molecule has 3 heterocycles. The summed E-state index contributed by atoms with van der Waals surface area (Å²) in [7, 11) is 0. The molecule has 7 nitrogen and oxygen atoms in total. The van der Waals surface area contributed by atoms with Crippen molar-refractivity contribution in [2.45, 2.75) is 4.87 Å². The second kappa shape index (κ2) is 6.20. The molecule has 0 bridgehead atoms. The first kappa shape index (κ1) is 17.5. The Balaban J connectivity index is 1.78. The van der Waals surface area contributed by atoms with Crippen molar-refractivity contribution in [2.24, 2.45) is 0 Å². The molecule has 1 aromatic heterocycles. The summed E-state index contributed by atoms with van der Waals surface area (Å²) in [4.78, 5) is 24.8. The Kier molecular flexibility index (Phi) is 3.87. The van der Waals surface area contributed by atoms with Crippen molar-refractivity contribution in [3.63, 3.8) is 0 Å². The normalized spacial score (nSPS) is 20.7. The van der Waals surface area contributed by atoms with E-state index in [0.717, 1.165) is 0 Å². The summed E-state index contributed by atoms with van der Waals surface area (Å²) in [5.41, 5.74) is 1.99. The summed E-state index contributed by atoms with van der Waals surface area (Å²) < 4.78 is 1.67. The minimum Gasteiger partial charge on any atom is -0.322 e. The lowest BCUT2D eigenvalue weighted by molar-refractivity contribution is -0.123. The summed E-state index contributed by atoms with van der Waals surface area (Å²) in [5.74, 6) is -0.0418. The van der Waals surface area contributed by atoms with E-state index in [4.69, 9.17) is 23.8 Å². The number of thioether (sulfide) groups is 1. The molecule has 0 saturated carbocycles. The number of nitrogens with one attached hydrogen (secondary N) is 2. The van der Waals surface area contributed by atoms with Crippen LogP contribution >= 0.6 is 35.6 Å². The predicted octanol–water partition coefficient (Wildman–Crippen LogP) is 3.28. The van der Waals surface area contributed by atoms with Crippen molar-refractivity contribution in [3.05, 3.63) is 63.9 Å². The number of para-hydroxylation sites is 1. The standard InChI is InChI=1S/C18H12ClN5O2S2/c19-12-7-3-1-5-10(12)15-21-22-17(27)23(15)24-14(25)9-28-18(24)11-6-2-4-8-13(11)20-16(18)26/h1-8H,9H2,(H,20,26)(H,22,27). The largest absolute Gasteiger partial charge is 0.322 e. The second-order valence-corrected chi connectivity index (χ2v) is 8.24. The highest BCUT2D eigenvalue weighted by Gasteiger charge is 2.59. The number of fused-ring (bicyclic) bond motifs is 2. The van der Waals surface area contributed by atoms with Gasteiger partial charge in [-0.1, -0.05) is 41.9 Å². The van der Waals surface area contributed by atoms with Gasteiger partial charge in [-0.3, -0.25) is 9.59 Å². The zero-order valence-corrected chi connectivity index (χ0v) is 16.6. The Hall–Kier alpha value is -2.62. The van der Waals surface area contributed by atoms with Gasteiger partial charge in [0.05, 0.1) is 10.8 Å². The lowest BCUT2D eigenvalue weighted by Gasteiger charge is -2.32. The summed E-state index contributed by atoms with van der Waals surface area (Å²) in [6.45, 7) is 0. The first-order valence-corrected chi connectivity index (χ1v) is 10.1. The van der Waals surface area contributed by atoms with Gasteiger partial charge in [-0.2, -0.15) is 5.10 Å². The summed E-state index contributed by atoms with van der Waals surface area (Å²) in [6, 6.07) is 14.5. The van der Waals surface area contributed by atoms with E-state index in [-0.39, 0.29) is 22.3 Å². The number of aromatic amines is 1. The Morgan fingerprint density at radius 1 is 1.14 bits per heavy atom. The van der Waals surface area contributed by atoms with Gasteiger partial charge in [-0.05, 0) is 30.4 Å². The molecule has 5 rings (SSSR count). The highest BCUT2D eigenvalue weighted by Crippen LogP contribution is 2.51. The number of hydrogen-bond acceptors (Lipinski definition) is 5. The van der Waals surface area contributed by atoms with Gasteiger partial charge in [0.25, 0.3) is 11.8 Å². The van der Waals surface area contributed by atoms with Crippen molar-refractivity contribution in [1.82, 2.24) is 14.9 Å². The van der Waals surface area contributed by atoms with Gasteiger partial charge >= 0.3 is 0 Å². The number of rotatable bonds is 2. The molecule has 1 atom stereocenters. The van der Waals surface area contributed by atoms with Gasteiger partial charge in [0.2, 0.25) is 9.64 Å². The molecule has 140 valence electrons. The highest BCUT2D eigenvalue weighted by molar-refractivity contribution is 8.02. The Morgan fingerprint density at radius 3 is 2.71 bits per heavy atom. The third-order valence-corrected chi connectivity index (χ3v) is 6.73. The maximum absolute atomic E-state index is 13.1. The minimum absolute atomic E-state index is 0.136. The monoisotopic (exact) mass is 429 g/mol. The van der Waals surface area contributed by atoms with Crippen LogP contribution in [0.3, 0.4) is 0 Å². The van der Waals surface area contributed by atoms with Gasteiger partial charge in [0.15, 0.2) is 5.82 Å². The second-order valence-electron chi connectivity index (χ2n) is 6.28. The molecule has 1 unspecified atom stereocenters. The number of benzene rings is 2. The maximum atomic E-state index is 13.1. The van der Waals surface area contributed by atoms with Crippen molar-refractivity contribution in [2.75, 3.05) is 16.1 Å². The van der Waals surface area contributed by atoms with Gasteiger partial charge in [0.1, 0.15) is 0 Å². The van der Waals surface area contributed by atoms with Gasteiger partial charge in [-0.15, -0.1) is 11.8 Å². The SMILES string of the molecule is O=C1CSC2(C(=O)Nc3ccccc32)N1n1c(-c2ccccc2Cl)n[nH]c1=S. The minimum atomic E-state index is -1.26. The number of nitrogens with zero attached hydrogens (tertiary/aromatic N) is 3. The number of carbonyl (C=O) groups is 2. The average Bonchev–Trinajstić information content (AvgIpc) is 3.31. The third-order valence-electron chi connectivity index (χ3n) is 4.75. The molecule has 3 aromatic rings. The summed E-state index contributed by atoms with van der Waals surface area (Å²) >= 11 is 13.0. The number of halogens is 1. The molecular weight excluding hydrogens is 418 g/mol. The number of carbonyl (C=O) groups excluding carboxylic acids is 2. The van der Waals surface area contributed by atoms with E-state index >= 15 is 0 Å². The Bertz CT molecular complexity index is 1210. The fraction of sp³-hybridized carbons (Fsp3) is 0.111. The topological polar surface area (TPSA) is 83.0 Å². The van der Waals surface area contributed by atoms with Gasteiger partial charge < -0.3 is 5.32 Å². The molecule has 2 amide bonds. The Morgan fingerprint density at radius 2 is 1.89 bits per heavy atom. The van der Waals surface area contributed by atoms with E-state index in [1.807, 2.05) is 30.3 Å². The van der Waals surface area contributed by atoms with E-state index < -0.39 is 4.87 Å². The van der Waals surface area contributed by atoms with Crippen LogP contribution in [0.15, 0.2) is 48.5 Å². The van der Waals surface area contributed by atoms with Crippen molar-refractivity contribution in [1.29, 1.82) is 0 Å². The first-order chi connectivity index (χ1) is 13.5. The fourth-order valence-electron chi connectivity index (χ4n) is 3.58. The van der Waals surface area contributed by atoms with Gasteiger partial charge in [-0.25, -0.2) is 14.8 Å². The van der Waals surface area contributed by atoms with Gasteiger partial charge in [0, 0.05) is 16.8 Å². The van der Waals surface area contributed by atoms with Crippen molar-refractivity contribution < 1.29 is 9.59 Å². The van der Waals surface area contributed by atoms with Crippen LogP contribution in [0.5, 0.6) is 0 Å². The summed E-state index contributed by atoms with van der Waals surface area (Å²) in [5, 5.41) is 11.7. The zero-order valence-electron chi connectivity index (χ0n) is 14.2. The molecule has 0 radical (unpaired) electrons. The average molecular weight is 430 g/mol. The number of hydrogen-bond donors (Lipinski definition) is 2. The Labute approximate surface area is 173 Å². The molecule has 1 fully saturated rings. The van der Waals surface area contributed by atoms with Crippen LogP contribution in [-0.4, -0.2) is 32.4 Å². The van der Waals surface area contributed by atoms with Crippen LogP contribution in [0.4, 0.5) is 5.69 Å². The molecule has 2 N–H and O–H groups in total. The van der Waals surface area contributed by atoms with E-state index in [1.165, 1.54) is 21.4 Å². The number of aromatic nitrogens is 3. The molecule has 28 heavy (non-hydrogen) atoms. The molecule has 2 aliphatic rings. The van der Waals surface area contributed by atoms with Crippen LogP contribution in [0.1, 0.15) is 5.56 Å². The van der Waals surface area contributed by atoms with E-state index in [9.17, 15) is 9.59 Å². The third kappa shape index (κ3) is 2.24. The smallest absolute Gasteiger partial charge is 0.267 e. The maximum Gasteiger partial charge on any atom is 0.267 e. The lowest BCUT2D eigenvalue weighted by Crippen LogP contribution is -2.53. The fourth-order valence-corrected chi connectivity index (χ4v) is 5.29. The molecule has 1 spiro atoms. The van der Waals surface area contributed by atoms with Crippen LogP contribution < -0.4 is 10.3 Å². The molecular formula is C18H12ClN5O2S2. The van der Waals surface area contributed by atoms with Crippen LogP contribution in [-0.2, 0) is 14.5 Å². The number of amides is 2. The highest BCUT2D eigenvalue weighted by atomic mass is 35.5. The molecule has 2 aromatic carbocycles. The first-order valence-electron chi connectivity index (χ1n) is 8.34.